The van der Waals surface area contributed by atoms with Crippen LogP contribution in [-0.2, 0) is 21.7 Å². The molecule has 0 aliphatic heterocycles. The summed E-state index contributed by atoms with van der Waals surface area (Å²) in [7, 11) is 0. The van der Waals surface area contributed by atoms with Crippen LogP contribution < -0.4 is 9.80 Å². The molecule has 628 valence electrons. The number of fused-ring (bicyclic) bond motifs is 15. The maximum Gasteiger partial charge on any atom is 0.0720 e. The Bertz CT molecular complexity index is 8000. The molecular weight excluding hydrogens is 1610 g/mol. The summed E-state index contributed by atoms with van der Waals surface area (Å²) >= 11 is 0. The van der Waals surface area contributed by atoms with Crippen molar-refractivity contribution in [1.29, 1.82) is 0 Å². The minimum absolute atomic E-state index is 0.483. The van der Waals surface area contributed by atoms with E-state index in [-0.39, 0.29) is 0 Å². The van der Waals surface area contributed by atoms with Gasteiger partial charge in [0, 0.05) is 34.1 Å². The molecule has 0 amide bonds. The predicted molar refractivity (Wildman–Crippen MR) is 557 cm³/mol. The van der Waals surface area contributed by atoms with Crippen molar-refractivity contribution in [2.24, 2.45) is 0 Å². The number of hydrogen-bond acceptors (Lipinski definition) is 2. The quantitative estimate of drug-likeness (QED) is 0.0951. The molecule has 0 N–H and O–H groups in total. The highest BCUT2D eigenvalue weighted by Crippen LogP contribution is 2.64. The lowest BCUT2D eigenvalue weighted by molar-refractivity contribution is 0.768. The molecule has 0 heterocycles. The first-order chi connectivity index (χ1) is 66.5. The molecule has 22 aromatic rings. The van der Waals surface area contributed by atoms with Crippen molar-refractivity contribution in [2.75, 3.05) is 9.80 Å². The van der Waals surface area contributed by atoms with E-state index in [9.17, 15) is 0 Å². The molecule has 0 atom stereocenters. The topological polar surface area (TPSA) is 6.48 Å². The van der Waals surface area contributed by atoms with Gasteiger partial charge in [-0.25, -0.2) is 0 Å². The molecule has 26 rings (SSSR count). The van der Waals surface area contributed by atoms with Gasteiger partial charge >= 0.3 is 0 Å². The zero-order chi connectivity index (χ0) is 88.7. The summed E-state index contributed by atoms with van der Waals surface area (Å²) < 4.78 is 0. The maximum absolute atomic E-state index is 2.49. The highest BCUT2D eigenvalue weighted by atomic mass is 15.1. The molecule has 4 aliphatic carbocycles. The normalized spacial score (nSPS) is 13.6. The third-order valence-corrected chi connectivity index (χ3v) is 29.2. The Kier molecular flexibility index (Phi) is 19.2. The second kappa shape index (κ2) is 32.6. The first-order valence-corrected chi connectivity index (χ1v) is 46.7. The largest absolute Gasteiger partial charge is 0.310 e. The van der Waals surface area contributed by atoms with Crippen molar-refractivity contribution in [3.8, 4) is 66.8 Å². The van der Waals surface area contributed by atoms with Crippen molar-refractivity contribution in [2.45, 2.75) is 21.7 Å². The van der Waals surface area contributed by atoms with Gasteiger partial charge in [-0.3, -0.25) is 0 Å². The summed E-state index contributed by atoms with van der Waals surface area (Å²) in [4.78, 5) is 4.95. The van der Waals surface area contributed by atoms with E-state index in [0.717, 1.165) is 34.1 Å². The third-order valence-electron chi connectivity index (χ3n) is 29.2. The van der Waals surface area contributed by atoms with Gasteiger partial charge in [-0.05, 0) is 262 Å². The fraction of sp³-hybridized carbons (Fsp3) is 0.0303. The van der Waals surface area contributed by atoms with Gasteiger partial charge in [-0.1, -0.05) is 461 Å². The van der Waals surface area contributed by atoms with Crippen molar-refractivity contribution < 1.29 is 0 Å². The lowest BCUT2D eigenvalue weighted by Crippen LogP contribution is -2.29. The molecule has 0 spiro atoms. The number of benzene rings is 22. The van der Waals surface area contributed by atoms with Crippen LogP contribution in [0.15, 0.2) is 546 Å². The molecule has 0 saturated carbocycles. The molecule has 0 aromatic heterocycles. The van der Waals surface area contributed by atoms with Crippen LogP contribution in [0.2, 0.25) is 0 Å². The van der Waals surface area contributed by atoms with E-state index in [4.69, 9.17) is 0 Å². The second-order valence-corrected chi connectivity index (χ2v) is 35.9. The molecule has 0 unspecified atom stereocenters. The fourth-order valence-electron chi connectivity index (χ4n) is 23.6. The Balaban J connectivity index is 0.000000143. The van der Waals surface area contributed by atoms with E-state index < -0.39 is 21.7 Å². The average Bonchev–Trinajstić information content (AvgIpc) is 1.53. The summed E-state index contributed by atoms with van der Waals surface area (Å²) in [6, 6.07) is 203. The van der Waals surface area contributed by atoms with E-state index in [1.165, 1.54) is 177 Å². The molecule has 0 fully saturated rings. The Morgan fingerprint density at radius 3 is 0.769 bits per heavy atom. The van der Waals surface area contributed by atoms with Crippen LogP contribution in [0.4, 0.5) is 34.1 Å². The number of nitrogens with zero attached hydrogens (tertiary/aromatic N) is 2. The van der Waals surface area contributed by atoms with Crippen LogP contribution in [0.3, 0.4) is 0 Å². The van der Waals surface area contributed by atoms with E-state index in [1.54, 1.807) is 0 Å². The number of rotatable bonds is 16. The van der Waals surface area contributed by atoms with E-state index >= 15 is 0 Å². The van der Waals surface area contributed by atoms with E-state index in [1.807, 2.05) is 0 Å². The molecular formula is C132H90N2. The molecule has 0 saturated heterocycles. The zero-order valence-corrected chi connectivity index (χ0v) is 73.9. The summed E-state index contributed by atoms with van der Waals surface area (Å²) in [5, 5.41) is 5.00. The van der Waals surface area contributed by atoms with Crippen molar-refractivity contribution in [3.63, 3.8) is 0 Å². The van der Waals surface area contributed by atoms with Gasteiger partial charge in [-0.15, -0.1) is 0 Å². The van der Waals surface area contributed by atoms with Gasteiger partial charge in [-0.2, -0.15) is 0 Å². The summed E-state index contributed by atoms with van der Waals surface area (Å²) in [6.07, 6.45) is 0. The van der Waals surface area contributed by atoms with E-state index in [2.05, 4.69) is 556 Å². The summed E-state index contributed by atoms with van der Waals surface area (Å²) in [5.74, 6) is 0. The van der Waals surface area contributed by atoms with Crippen LogP contribution in [-0.4, -0.2) is 0 Å². The SMILES string of the molecule is c1ccc(-c2ccc(N(c3ccc4c(c3)-c3ccccc3C4(c3ccccc3)c3ccccc3)c3ccc4c(c3)C(c3ccccc3)(c3ccccc3)c3c-4ccc4ccccc34)cc2)cc1.c1ccc(-c2ccc(N(c3ccc4c(c3)-c3ccccc3C4(c3ccccc3)c3ccccc3)c3ccc4c(c3)C(c3ccccc3)(c3ccccc3)c3cc5ccccc5cc3-4)cc2)cc1. The lowest BCUT2D eigenvalue weighted by atomic mass is 9.66. The second-order valence-electron chi connectivity index (χ2n) is 35.9. The molecule has 4 aliphatic rings. The molecule has 0 bridgehead atoms. The molecule has 134 heavy (non-hydrogen) atoms. The smallest absolute Gasteiger partial charge is 0.0720 e. The number of hydrogen-bond donors (Lipinski definition) is 0. The highest BCUT2D eigenvalue weighted by molar-refractivity contribution is 6.03. The highest BCUT2D eigenvalue weighted by Gasteiger charge is 2.52. The lowest BCUT2D eigenvalue weighted by Gasteiger charge is -2.36. The maximum atomic E-state index is 2.49. The Hall–Kier alpha value is -17.0. The minimum atomic E-state index is -0.589. The van der Waals surface area contributed by atoms with Crippen LogP contribution in [0.5, 0.6) is 0 Å². The van der Waals surface area contributed by atoms with Crippen LogP contribution >= 0.6 is 0 Å². The van der Waals surface area contributed by atoms with E-state index in [0.29, 0.717) is 0 Å². The van der Waals surface area contributed by atoms with Crippen molar-refractivity contribution in [1.82, 2.24) is 0 Å². The molecule has 2 heteroatoms. The standard InChI is InChI=1S/2C66H45N/c1-6-20-46(21-7-1)47-34-36-54(37-35-47)67(55-39-41-62-60(44-55)57-32-18-19-33-61(57)65(62,50-24-8-2-9-25-50)51-26-10-3-11-27-51)56-38-40-58-59-42-48-22-16-17-23-49(48)43-63(59)66(64(58)45-56,52-28-12-4-13-29-52)53-30-14-5-15-31-53;1-6-20-46(21-7-1)47-34-37-53(38-35-47)67(54-40-43-62-60(44-54)57-32-18-19-33-61(57)65(62,49-23-8-2-9-24-49)50-25-10-3-11-26-50)55-39-42-58-59-41-36-48-22-16-17-31-56(48)64(59)66(63(58)45-55,51-27-12-4-13-28-51)52-29-14-5-15-30-52/h2*1-45H. The first-order valence-electron chi connectivity index (χ1n) is 46.7. The average molecular weight is 1700 g/mol. The Labute approximate surface area is 783 Å². The Morgan fingerprint density at radius 2 is 0.373 bits per heavy atom. The summed E-state index contributed by atoms with van der Waals surface area (Å²) in [5.41, 5.74) is 39.7. The molecule has 2 nitrogen and oxygen atoms in total. The summed E-state index contributed by atoms with van der Waals surface area (Å²) in [6.45, 7) is 0. The Morgan fingerprint density at radius 1 is 0.127 bits per heavy atom. The van der Waals surface area contributed by atoms with Gasteiger partial charge in [0.2, 0.25) is 0 Å². The number of anilines is 6. The first kappa shape index (κ1) is 79.2. The third kappa shape index (κ3) is 12.3. The van der Waals surface area contributed by atoms with Crippen LogP contribution in [0, 0.1) is 0 Å². The fourth-order valence-corrected chi connectivity index (χ4v) is 23.6. The van der Waals surface area contributed by atoms with Gasteiger partial charge in [0.25, 0.3) is 0 Å². The molecule has 0 radical (unpaired) electrons. The molecule has 22 aromatic carbocycles. The van der Waals surface area contributed by atoms with Crippen LogP contribution in [0.1, 0.15) is 89.0 Å². The van der Waals surface area contributed by atoms with Crippen molar-refractivity contribution >= 4 is 55.7 Å². The van der Waals surface area contributed by atoms with Gasteiger partial charge in [0.1, 0.15) is 0 Å². The predicted octanol–water partition coefficient (Wildman–Crippen LogP) is 33.4. The zero-order valence-electron chi connectivity index (χ0n) is 73.9. The van der Waals surface area contributed by atoms with Gasteiger partial charge in [0.15, 0.2) is 0 Å². The monoisotopic (exact) mass is 1700 g/mol. The minimum Gasteiger partial charge on any atom is -0.310 e. The van der Waals surface area contributed by atoms with Crippen molar-refractivity contribution in [3.05, 3.63) is 635 Å². The van der Waals surface area contributed by atoms with Gasteiger partial charge in [0.05, 0.1) is 21.7 Å². The van der Waals surface area contributed by atoms with Gasteiger partial charge < -0.3 is 9.80 Å². The van der Waals surface area contributed by atoms with Crippen LogP contribution in [0.25, 0.3) is 88.3 Å².